The maximum absolute atomic E-state index is 11.3. The summed E-state index contributed by atoms with van der Waals surface area (Å²) in [4.78, 5) is 11.3. The number of aliphatic hydroxyl groups is 1. The molecule has 0 spiro atoms. The standard InChI is InChI=1S/C8H13N3O3/c1-11-7(6(9)4-12)5(3-10-11)8(13)14-2/h3,6,12H,4,9H2,1-2H3/t6-/m1/s1. The molecule has 0 fully saturated rings. The number of rotatable bonds is 3. The molecule has 0 aliphatic heterocycles. The van der Waals surface area contributed by atoms with E-state index in [0.717, 1.165) is 0 Å². The fourth-order valence-electron chi connectivity index (χ4n) is 1.24. The molecule has 6 heteroatoms. The molecule has 1 aromatic rings. The fraction of sp³-hybridized carbons (Fsp3) is 0.500. The third-order valence-corrected chi connectivity index (χ3v) is 1.94. The number of methoxy groups -OCH3 is 1. The van der Waals surface area contributed by atoms with Crippen molar-refractivity contribution in [3.8, 4) is 0 Å². The zero-order chi connectivity index (χ0) is 10.7. The summed E-state index contributed by atoms with van der Waals surface area (Å²) in [5.41, 5.74) is 6.37. The molecule has 6 nitrogen and oxygen atoms in total. The number of nitrogens with zero attached hydrogens (tertiary/aromatic N) is 2. The minimum Gasteiger partial charge on any atom is -0.465 e. The van der Waals surface area contributed by atoms with Crippen LogP contribution in [0.5, 0.6) is 0 Å². The van der Waals surface area contributed by atoms with E-state index in [1.807, 2.05) is 0 Å². The highest BCUT2D eigenvalue weighted by Crippen LogP contribution is 2.15. The second-order valence-corrected chi connectivity index (χ2v) is 2.85. The molecule has 0 aromatic carbocycles. The molecule has 3 N–H and O–H groups in total. The van der Waals surface area contributed by atoms with Gasteiger partial charge in [0.15, 0.2) is 0 Å². The Balaban J connectivity index is 3.12. The van der Waals surface area contributed by atoms with Gasteiger partial charge < -0.3 is 15.6 Å². The fourth-order valence-corrected chi connectivity index (χ4v) is 1.24. The summed E-state index contributed by atoms with van der Waals surface area (Å²) in [7, 11) is 2.93. The molecule has 0 saturated carbocycles. The Bertz CT molecular complexity index is 335. The average Bonchev–Trinajstić information content (AvgIpc) is 2.58. The van der Waals surface area contributed by atoms with Gasteiger partial charge in [-0.3, -0.25) is 4.68 Å². The summed E-state index contributed by atoms with van der Waals surface area (Å²) in [6.45, 7) is -0.247. The first-order valence-electron chi connectivity index (χ1n) is 4.08. The average molecular weight is 199 g/mol. The van der Waals surface area contributed by atoms with Gasteiger partial charge in [0.1, 0.15) is 5.56 Å². The molecule has 14 heavy (non-hydrogen) atoms. The molecule has 0 radical (unpaired) electrons. The molecule has 1 aromatic heterocycles. The molecular formula is C8H13N3O3. The summed E-state index contributed by atoms with van der Waals surface area (Å²) in [6.07, 6.45) is 1.37. The van der Waals surface area contributed by atoms with Gasteiger partial charge in [-0.1, -0.05) is 0 Å². The molecule has 78 valence electrons. The van der Waals surface area contributed by atoms with Gasteiger partial charge in [-0.2, -0.15) is 5.10 Å². The molecule has 0 aliphatic rings. The maximum atomic E-state index is 11.3. The van der Waals surface area contributed by atoms with E-state index in [-0.39, 0.29) is 12.2 Å². The third-order valence-electron chi connectivity index (χ3n) is 1.94. The van der Waals surface area contributed by atoms with Gasteiger partial charge in [0.05, 0.1) is 31.6 Å². The number of aryl methyl sites for hydroxylation is 1. The number of carbonyl (C=O) groups excluding carboxylic acids is 1. The maximum Gasteiger partial charge on any atom is 0.341 e. The van der Waals surface area contributed by atoms with Crippen molar-refractivity contribution >= 4 is 5.97 Å². The largest absolute Gasteiger partial charge is 0.465 e. The van der Waals surface area contributed by atoms with Crippen LogP contribution in [-0.2, 0) is 11.8 Å². The zero-order valence-corrected chi connectivity index (χ0v) is 8.10. The highest BCUT2D eigenvalue weighted by molar-refractivity contribution is 5.90. The van der Waals surface area contributed by atoms with Crippen LogP contribution < -0.4 is 5.73 Å². The van der Waals surface area contributed by atoms with E-state index in [4.69, 9.17) is 10.8 Å². The van der Waals surface area contributed by atoms with Gasteiger partial charge in [0.2, 0.25) is 0 Å². The van der Waals surface area contributed by atoms with Gasteiger partial charge in [0.25, 0.3) is 0 Å². The SMILES string of the molecule is COC(=O)c1cnn(C)c1[C@H](N)CO. The van der Waals surface area contributed by atoms with Crippen LogP contribution >= 0.6 is 0 Å². The molecule has 0 unspecified atom stereocenters. The quantitative estimate of drug-likeness (QED) is 0.622. The first-order valence-corrected chi connectivity index (χ1v) is 4.08. The first kappa shape index (κ1) is 10.7. The molecular weight excluding hydrogens is 186 g/mol. The van der Waals surface area contributed by atoms with E-state index in [0.29, 0.717) is 5.69 Å². The Morgan fingerprint density at radius 1 is 1.86 bits per heavy atom. The first-order chi connectivity index (χ1) is 6.61. The third kappa shape index (κ3) is 1.75. The van der Waals surface area contributed by atoms with Crippen molar-refractivity contribution in [2.75, 3.05) is 13.7 Å². The lowest BCUT2D eigenvalue weighted by atomic mass is 10.1. The summed E-state index contributed by atoms with van der Waals surface area (Å²) in [6, 6.07) is -0.628. The van der Waals surface area contributed by atoms with Gasteiger partial charge in [0, 0.05) is 7.05 Å². The molecule has 1 heterocycles. The van der Waals surface area contributed by atoms with E-state index in [1.54, 1.807) is 7.05 Å². The Morgan fingerprint density at radius 2 is 2.50 bits per heavy atom. The minimum absolute atomic E-state index is 0.247. The second kappa shape index (κ2) is 4.21. The molecule has 1 atom stereocenters. The molecule has 0 saturated heterocycles. The Labute approximate surface area is 81.3 Å². The number of esters is 1. The number of aromatic nitrogens is 2. The lowest BCUT2D eigenvalue weighted by Gasteiger charge is -2.10. The minimum atomic E-state index is -0.628. The topological polar surface area (TPSA) is 90.4 Å². The molecule has 0 amide bonds. The van der Waals surface area contributed by atoms with Crippen molar-refractivity contribution in [1.82, 2.24) is 9.78 Å². The van der Waals surface area contributed by atoms with Gasteiger partial charge in [-0.25, -0.2) is 4.79 Å². The van der Waals surface area contributed by atoms with Crippen LogP contribution in [0.2, 0.25) is 0 Å². The Kier molecular flexibility index (Phi) is 3.21. The van der Waals surface area contributed by atoms with Crippen LogP contribution in [0.3, 0.4) is 0 Å². The van der Waals surface area contributed by atoms with Crippen molar-refractivity contribution < 1.29 is 14.6 Å². The monoisotopic (exact) mass is 199 g/mol. The zero-order valence-electron chi connectivity index (χ0n) is 8.10. The van der Waals surface area contributed by atoms with Gasteiger partial charge in [-0.05, 0) is 0 Å². The molecule has 0 aliphatic carbocycles. The van der Waals surface area contributed by atoms with E-state index < -0.39 is 12.0 Å². The normalized spacial score (nSPS) is 12.6. The predicted octanol–water partition coefficient (Wildman–Crippen LogP) is -0.801. The van der Waals surface area contributed by atoms with Crippen LogP contribution in [-0.4, -0.2) is 34.6 Å². The summed E-state index contributed by atoms with van der Waals surface area (Å²) in [5.74, 6) is -0.503. The van der Waals surface area contributed by atoms with E-state index in [9.17, 15) is 4.79 Å². The number of nitrogens with two attached hydrogens (primary N) is 1. The number of hydrogen-bond donors (Lipinski definition) is 2. The van der Waals surface area contributed by atoms with Crippen LogP contribution in [0, 0.1) is 0 Å². The Morgan fingerprint density at radius 3 is 3.00 bits per heavy atom. The van der Waals surface area contributed by atoms with Crippen molar-refractivity contribution in [2.45, 2.75) is 6.04 Å². The molecule has 0 bridgehead atoms. The Hall–Kier alpha value is -1.40. The highest BCUT2D eigenvalue weighted by Gasteiger charge is 2.20. The van der Waals surface area contributed by atoms with Crippen molar-refractivity contribution in [3.63, 3.8) is 0 Å². The van der Waals surface area contributed by atoms with Crippen LogP contribution in [0.25, 0.3) is 0 Å². The van der Waals surface area contributed by atoms with E-state index >= 15 is 0 Å². The number of carbonyl (C=O) groups is 1. The smallest absolute Gasteiger partial charge is 0.341 e. The molecule has 1 rings (SSSR count). The summed E-state index contributed by atoms with van der Waals surface area (Å²) < 4.78 is 6.01. The van der Waals surface area contributed by atoms with Crippen molar-refractivity contribution in [3.05, 3.63) is 17.5 Å². The predicted molar refractivity (Wildman–Crippen MR) is 48.6 cm³/mol. The lowest BCUT2D eigenvalue weighted by Crippen LogP contribution is -2.21. The van der Waals surface area contributed by atoms with Crippen LogP contribution in [0.4, 0.5) is 0 Å². The van der Waals surface area contributed by atoms with E-state index in [2.05, 4.69) is 9.84 Å². The number of aliphatic hydroxyl groups excluding tert-OH is 1. The number of ether oxygens (including phenoxy) is 1. The summed E-state index contributed by atoms with van der Waals surface area (Å²) >= 11 is 0. The van der Waals surface area contributed by atoms with Crippen LogP contribution in [0.1, 0.15) is 22.1 Å². The van der Waals surface area contributed by atoms with Crippen molar-refractivity contribution in [2.24, 2.45) is 12.8 Å². The summed E-state index contributed by atoms with van der Waals surface area (Å²) in [5, 5.41) is 12.8. The number of hydrogen-bond acceptors (Lipinski definition) is 5. The van der Waals surface area contributed by atoms with Gasteiger partial charge >= 0.3 is 5.97 Å². The van der Waals surface area contributed by atoms with Gasteiger partial charge in [-0.15, -0.1) is 0 Å². The van der Waals surface area contributed by atoms with E-state index in [1.165, 1.54) is 18.0 Å². The lowest BCUT2D eigenvalue weighted by molar-refractivity contribution is 0.0598. The van der Waals surface area contributed by atoms with Crippen molar-refractivity contribution in [1.29, 1.82) is 0 Å². The highest BCUT2D eigenvalue weighted by atomic mass is 16.5. The van der Waals surface area contributed by atoms with Crippen LogP contribution in [0.15, 0.2) is 6.20 Å². The second-order valence-electron chi connectivity index (χ2n) is 2.85.